The van der Waals surface area contributed by atoms with Gasteiger partial charge in [0.05, 0.1) is 18.8 Å². The van der Waals surface area contributed by atoms with Gasteiger partial charge in [-0.05, 0) is 19.1 Å². The van der Waals surface area contributed by atoms with Gasteiger partial charge in [0.15, 0.2) is 0 Å². The van der Waals surface area contributed by atoms with Gasteiger partial charge >= 0.3 is 0 Å². The first kappa shape index (κ1) is 14.3. The lowest BCUT2D eigenvalue weighted by Gasteiger charge is -2.13. The summed E-state index contributed by atoms with van der Waals surface area (Å²) in [5, 5.41) is 13.8. The lowest BCUT2D eigenvalue weighted by atomic mass is 10.3. The molecule has 0 saturated carbocycles. The number of carbonyl (C=O) groups is 1. The van der Waals surface area contributed by atoms with Crippen LogP contribution in [0, 0.1) is 0 Å². The molecule has 0 aromatic carbocycles. The molecule has 2 heterocycles. The van der Waals surface area contributed by atoms with Gasteiger partial charge in [0.25, 0.3) is 0 Å². The van der Waals surface area contributed by atoms with E-state index in [0.29, 0.717) is 13.1 Å². The number of furan rings is 1. The Morgan fingerprint density at radius 1 is 1.55 bits per heavy atom. The summed E-state index contributed by atoms with van der Waals surface area (Å²) in [7, 11) is 1.90. The number of rotatable bonds is 7. The Balaban J connectivity index is 1.67. The molecule has 108 valence electrons. The largest absolute Gasteiger partial charge is 0.467 e. The number of hydrogen-bond acceptors (Lipinski definition) is 5. The van der Waals surface area contributed by atoms with Crippen molar-refractivity contribution in [3.63, 3.8) is 0 Å². The third-order valence-electron chi connectivity index (χ3n) is 3.01. The molecule has 0 spiro atoms. The molecule has 20 heavy (non-hydrogen) atoms. The van der Waals surface area contributed by atoms with Crippen molar-refractivity contribution >= 4 is 5.91 Å². The van der Waals surface area contributed by atoms with E-state index in [9.17, 15) is 4.79 Å². The Bertz CT molecular complexity index is 535. The molecule has 2 aromatic rings. The fourth-order valence-corrected chi connectivity index (χ4v) is 1.77. The summed E-state index contributed by atoms with van der Waals surface area (Å²) in [6.07, 6.45) is 3.98. The summed E-state index contributed by atoms with van der Waals surface area (Å²) >= 11 is 0. The molecule has 0 aliphatic heterocycles. The van der Waals surface area contributed by atoms with E-state index in [1.807, 2.05) is 24.6 Å². The third kappa shape index (κ3) is 3.92. The smallest absolute Gasteiger partial charge is 0.237 e. The summed E-state index contributed by atoms with van der Waals surface area (Å²) in [5.41, 5.74) is 0. The minimum absolute atomic E-state index is 0.0561. The van der Waals surface area contributed by atoms with E-state index < -0.39 is 0 Å². The van der Waals surface area contributed by atoms with E-state index >= 15 is 0 Å². The van der Waals surface area contributed by atoms with Gasteiger partial charge in [-0.15, -0.1) is 10.2 Å². The van der Waals surface area contributed by atoms with Gasteiger partial charge in [-0.25, -0.2) is 0 Å². The number of carbonyl (C=O) groups excluding carboxylic acids is 1. The molecular formula is C13H19N5O2. The maximum Gasteiger partial charge on any atom is 0.237 e. The second-order valence-corrected chi connectivity index (χ2v) is 4.58. The highest BCUT2D eigenvalue weighted by molar-refractivity contribution is 5.81. The predicted molar refractivity (Wildman–Crippen MR) is 72.7 cm³/mol. The molecule has 0 aliphatic rings. The van der Waals surface area contributed by atoms with Crippen LogP contribution in [0.15, 0.2) is 29.1 Å². The second-order valence-electron chi connectivity index (χ2n) is 4.58. The predicted octanol–water partition coefficient (Wildman–Crippen LogP) is 0.245. The molecule has 0 bridgehead atoms. The highest BCUT2D eigenvalue weighted by atomic mass is 16.3. The van der Waals surface area contributed by atoms with Crippen LogP contribution in [0.1, 0.15) is 18.5 Å². The molecule has 1 atom stereocenters. The normalized spacial score (nSPS) is 12.3. The molecule has 2 rings (SSSR count). The van der Waals surface area contributed by atoms with E-state index in [-0.39, 0.29) is 11.9 Å². The summed E-state index contributed by atoms with van der Waals surface area (Å²) < 4.78 is 7.02. The Hall–Kier alpha value is -2.15. The van der Waals surface area contributed by atoms with Crippen LogP contribution in [0.5, 0.6) is 0 Å². The number of nitrogens with zero attached hydrogens (tertiary/aromatic N) is 3. The molecule has 0 aliphatic carbocycles. The Kier molecular flexibility index (Phi) is 4.89. The van der Waals surface area contributed by atoms with Crippen molar-refractivity contribution in [2.75, 3.05) is 6.54 Å². The van der Waals surface area contributed by atoms with E-state index in [1.54, 1.807) is 18.7 Å². The zero-order valence-corrected chi connectivity index (χ0v) is 11.7. The van der Waals surface area contributed by atoms with Crippen LogP contribution in [0.2, 0.25) is 0 Å². The topological polar surface area (TPSA) is 85.0 Å². The van der Waals surface area contributed by atoms with Gasteiger partial charge in [-0.1, -0.05) is 0 Å². The van der Waals surface area contributed by atoms with Crippen molar-refractivity contribution in [1.82, 2.24) is 25.4 Å². The molecule has 0 fully saturated rings. The standard InChI is InChI=1S/C13H19N5O2/c1-10(13(19)15-8-11-4-3-7-20-11)14-6-5-12-17-16-9-18(12)2/h3-4,7,9-10,14H,5-6,8H2,1-2H3,(H,15,19). The summed E-state index contributed by atoms with van der Waals surface area (Å²) in [6, 6.07) is 3.36. The molecule has 2 aromatic heterocycles. The molecule has 0 saturated heterocycles. The summed E-state index contributed by atoms with van der Waals surface area (Å²) in [4.78, 5) is 11.8. The number of hydrogen-bond donors (Lipinski definition) is 2. The first-order chi connectivity index (χ1) is 9.66. The van der Waals surface area contributed by atoms with Crippen molar-refractivity contribution in [2.24, 2.45) is 7.05 Å². The number of aromatic nitrogens is 3. The van der Waals surface area contributed by atoms with Gasteiger partial charge in [0.2, 0.25) is 5.91 Å². The molecule has 7 nitrogen and oxygen atoms in total. The maximum atomic E-state index is 11.8. The summed E-state index contributed by atoms with van der Waals surface area (Å²) in [5.74, 6) is 1.57. The van der Waals surface area contributed by atoms with E-state index in [4.69, 9.17) is 4.42 Å². The van der Waals surface area contributed by atoms with Crippen molar-refractivity contribution in [3.8, 4) is 0 Å². The highest BCUT2D eigenvalue weighted by Crippen LogP contribution is 1.99. The van der Waals surface area contributed by atoms with Gasteiger partial charge < -0.3 is 19.6 Å². The van der Waals surface area contributed by atoms with Crippen LogP contribution in [0.3, 0.4) is 0 Å². The molecule has 1 unspecified atom stereocenters. The SMILES string of the molecule is CC(NCCc1nncn1C)C(=O)NCc1ccco1. The number of nitrogens with one attached hydrogen (secondary N) is 2. The van der Waals surface area contributed by atoms with Crippen molar-refractivity contribution in [2.45, 2.75) is 25.9 Å². The third-order valence-corrected chi connectivity index (χ3v) is 3.01. The first-order valence-electron chi connectivity index (χ1n) is 6.53. The lowest BCUT2D eigenvalue weighted by molar-refractivity contribution is -0.123. The minimum Gasteiger partial charge on any atom is -0.467 e. The van der Waals surface area contributed by atoms with Gasteiger partial charge in [-0.2, -0.15) is 0 Å². The van der Waals surface area contributed by atoms with Gasteiger partial charge in [-0.3, -0.25) is 4.79 Å². The minimum atomic E-state index is -0.266. The fourth-order valence-electron chi connectivity index (χ4n) is 1.77. The van der Waals surface area contributed by atoms with Crippen LogP contribution < -0.4 is 10.6 Å². The van der Waals surface area contributed by atoms with Crippen LogP contribution in [-0.2, 0) is 24.8 Å². The Morgan fingerprint density at radius 3 is 3.05 bits per heavy atom. The highest BCUT2D eigenvalue weighted by Gasteiger charge is 2.12. The quantitative estimate of drug-likeness (QED) is 0.757. The van der Waals surface area contributed by atoms with E-state index in [1.165, 1.54) is 0 Å². The zero-order valence-electron chi connectivity index (χ0n) is 11.7. The van der Waals surface area contributed by atoms with Crippen LogP contribution in [-0.4, -0.2) is 33.3 Å². The molecule has 2 N–H and O–H groups in total. The number of amides is 1. The average molecular weight is 277 g/mol. The van der Waals surface area contributed by atoms with Crippen LogP contribution in [0.4, 0.5) is 0 Å². The Morgan fingerprint density at radius 2 is 2.40 bits per heavy atom. The monoisotopic (exact) mass is 277 g/mol. The van der Waals surface area contributed by atoms with E-state index in [2.05, 4.69) is 20.8 Å². The Labute approximate surface area is 117 Å². The maximum absolute atomic E-state index is 11.8. The average Bonchev–Trinajstić information content (AvgIpc) is 3.08. The van der Waals surface area contributed by atoms with Gasteiger partial charge in [0, 0.05) is 20.0 Å². The molecule has 7 heteroatoms. The lowest BCUT2D eigenvalue weighted by Crippen LogP contribution is -2.42. The van der Waals surface area contributed by atoms with Gasteiger partial charge in [0.1, 0.15) is 17.9 Å². The van der Waals surface area contributed by atoms with Crippen molar-refractivity contribution < 1.29 is 9.21 Å². The summed E-state index contributed by atoms with van der Waals surface area (Å²) in [6.45, 7) is 2.90. The second kappa shape index (κ2) is 6.85. The number of aryl methyl sites for hydroxylation is 1. The fraction of sp³-hybridized carbons (Fsp3) is 0.462. The molecular weight excluding hydrogens is 258 g/mol. The van der Waals surface area contributed by atoms with Crippen molar-refractivity contribution in [1.29, 1.82) is 0 Å². The molecule has 1 amide bonds. The van der Waals surface area contributed by atoms with Crippen LogP contribution in [0.25, 0.3) is 0 Å². The van der Waals surface area contributed by atoms with E-state index in [0.717, 1.165) is 18.0 Å². The first-order valence-corrected chi connectivity index (χ1v) is 6.53. The van der Waals surface area contributed by atoms with Crippen LogP contribution >= 0.6 is 0 Å². The zero-order chi connectivity index (χ0) is 14.4. The van der Waals surface area contributed by atoms with Crippen molar-refractivity contribution in [3.05, 3.63) is 36.3 Å². The molecule has 0 radical (unpaired) electrons.